The second kappa shape index (κ2) is 7.66. The van der Waals surface area contributed by atoms with Gasteiger partial charge in [-0.2, -0.15) is 10.2 Å². The summed E-state index contributed by atoms with van der Waals surface area (Å²) in [5, 5.41) is 23.2. The van der Waals surface area contributed by atoms with Crippen molar-refractivity contribution in [2.75, 3.05) is 25.0 Å². The zero-order valence-corrected chi connectivity index (χ0v) is 16.2. The summed E-state index contributed by atoms with van der Waals surface area (Å²) in [6.45, 7) is 5.27. The molecule has 7 nitrogen and oxygen atoms in total. The second-order valence-electron chi connectivity index (χ2n) is 6.84. The molecule has 1 fully saturated rings. The molecule has 1 atom stereocenters. The van der Waals surface area contributed by atoms with Gasteiger partial charge in [0.05, 0.1) is 27.9 Å². The van der Waals surface area contributed by atoms with Gasteiger partial charge in [0.15, 0.2) is 5.58 Å². The fourth-order valence-electron chi connectivity index (χ4n) is 3.57. The molecule has 0 amide bonds. The molecule has 1 aliphatic rings. The third-order valence-corrected chi connectivity index (χ3v) is 5.34. The Morgan fingerprint density at radius 1 is 1.36 bits per heavy atom. The van der Waals surface area contributed by atoms with Gasteiger partial charge in [0.2, 0.25) is 5.65 Å². The average Bonchev–Trinajstić information content (AvgIpc) is 3.11. The molecule has 8 heteroatoms. The molecule has 144 valence electrons. The number of hydrogen-bond donors (Lipinski definition) is 2. The van der Waals surface area contributed by atoms with Crippen LogP contribution in [0.2, 0.25) is 5.02 Å². The van der Waals surface area contributed by atoms with Gasteiger partial charge in [0, 0.05) is 12.6 Å². The van der Waals surface area contributed by atoms with E-state index < -0.39 is 0 Å². The quantitative estimate of drug-likeness (QED) is 0.686. The van der Waals surface area contributed by atoms with Crippen molar-refractivity contribution in [1.82, 2.24) is 14.9 Å². The van der Waals surface area contributed by atoms with E-state index >= 15 is 0 Å². The minimum Gasteiger partial charge on any atom is -0.506 e. The van der Waals surface area contributed by atoms with Gasteiger partial charge in [-0.25, -0.2) is 4.98 Å². The largest absolute Gasteiger partial charge is 0.506 e. The lowest BCUT2D eigenvalue weighted by atomic mass is 10.0. The summed E-state index contributed by atoms with van der Waals surface area (Å²) in [5.41, 5.74) is 1.94. The number of benzene rings is 1. The Bertz CT molecular complexity index is 1060. The number of phenols is 1. The molecule has 0 bridgehead atoms. The van der Waals surface area contributed by atoms with Crippen LogP contribution in [0.5, 0.6) is 5.75 Å². The van der Waals surface area contributed by atoms with Crippen LogP contribution in [0.1, 0.15) is 25.3 Å². The van der Waals surface area contributed by atoms with Crippen LogP contribution in [0.15, 0.2) is 28.7 Å². The van der Waals surface area contributed by atoms with E-state index in [-0.39, 0.29) is 22.4 Å². The first-order valence-electron chi connectivity index (χ1n) is 9.27. The predicted octanol–water partition coefficient (Wildman–Crippen LogP) is 4.02. The zero-order chi connectivity index (χ0) is 19.7. The highest BCUT2D eigenvalue weighted by molar-refractivity contribution is 6.32. The molecule has 28 heavy (non-hydrogen) atoms. The number of pyridine rings is 1. The normalized spacial score (nSPS) is 17.5. The molecule has 0 saturated carbocycles. The van der Waals surface area contributed by atoms with E-state index in [1.54, 1.807) is 18.2 Å². The Morgan fingerprint density at radius 2 is 2.21 bits per heavy atom. The molecule has 0 spiro atoms. The standard InChI is InChI=1S/C20H20ClN5O2/c1-2-26-9-3-4-13(11-26)23-20-25-19-16(28-20)8-7-15(24-19)17-12(10-22)5-6-14(21)18(17)27/h5-8,13,27H,2-4,9,11H2,1H3,(H,23,24,25)/t13-/m1/s1. The van der Waals surface area contributed by atoms with E-state index in [2.05, 4.69) is 33.2 Å². The number of anilines is 1. The first-order chi connectivity index (χ1) is 13.6. The van der Waals surface area contributed by atoms with Crippen LogP contribution in [-0.2, 0) is 0 Å². The minimum atomic E-state index is -0.170. The van der Waals surface area contributed by atoms with E-state index in [0.717, 1.165) is 32.5 Å². The third-order valence-electron chi connectivity index (χ3n) is 5.04. The molecule has 4 rings (SSSR count). The van der Waals surface area contributed by atoms with Gasteiger partial charge in [0.25, 0.3) is 6.01 Å². The van der Waals surface area contributed by atoms with Crippen molar-refractivity contribution in [3.8, 4) is 23.1 Å². The number of likely N-dealkylation sites (N-methyl/N-ethyl adjacent to an activating group) is 1. The average molecular weight is 398 g/mol. The number of fused-ring (bicyclic) bond motifs is 1. The lowest BCUT2D eigenvalue weighted by molar-refractivity contribution is 0.225. The third kappa shape index (κ3) is 3.49. The molecule has 1 saturated heterocycles. The molecule has 3 heterocycles. The van der Waals surface area contributed by atoms with Gasteiger partial charge in [0.1, 0.15) is 5.75 Å². The number of halogens is 1. The fraction of sp³-hybridized carbons (Fsp3) is 0.350. The first-order valence-corrected chi connectivity index (χ1v) is 9.65. The maximum atomic E-state index is 10.3. The number of aromatic hydroxyl groups is 1. The lowest BCUT2D eigenvalue weighted by Gasteiger charge is -2.31. The minimum absolute atomic E-state index is 0.163. The Morgan fingerprint density at radius 3 is 3.00 bits per heavy atom. The van der Waals surface area contributed by atoms with Crippen LogP contribution in [0.4, 0.5) is 6.01 Å². The van der Waals surface area contributed by atoms with Crippen molar-refractivity contribution < 1.29 is 9.52 Å². The lowest BCUT2D eigenvalue weighted by Crippen LogP contribution is -2.41. The van der Waals surface area contributed by atoms with Crippen LogP contribution >= 0.6 is 11.6 Å². The summed E-state index contributed by atoms with van der Waals surface area (Å²) in [6, 6.07) is 9.23. The van der Waals surface area contributed by atoms with Gasteiger partial charge >= 0.3 is 0 Å². The molecule has 1 aliphatic heterocycles. The van der Waals surface area contributed by atoms with Crippen molar-refractivity contribution in [3.05, 3.63) is 34.9 Å². The molecule has 0 unspecified atom stereocenters. The number of aromatic nitrogens is 2. The van der Waals surface area contributed by atoms with Gasteiger partial charge < -0.3 is 19.7 Å². The second-order valence-corrected chi connectivity index (χ2v) is 7.25. The highest BCUT2D eigenvalue weighted by atomic mass is 35.5. The number of nitrogens with one attached hydrogen (secondary N) is 1. The number of rotatable bonds is 4. The van der Waals surface area contributed by atoms with Gasteiger partial charge in [-0.3, -0.25) is 0 Å². The topological polar surface area (TPSA) is 98.2 Å². The van der Waals surface area contributed by atoms with E-state index in [0.29, 0.717) is 28.5 Å². The van der Waals surface area contributed by atoms with Crippen LogP contribution in [0.25, 0.3) is 22.5 Å². The van der Waals surface area contributed by atoms with E-state index in [1.807, 2.05) is 0 Å². The highest BCUT2D eigenvalue weighted by Crippen LogP contribution is 2.37. The molecular formula is C20H20ClN5O2. The van der Waals surface area contributed by atoms with Crippen LogP contribution in [-0.4, -0.2) is 45.7 Å². The Balaban J connectivity index is 1.65. The monoisotopic (exact) mass is 397 g/mol. The number of nitrogens with zero attached hydrogens (tertiary/aromatic N) is 4. The molecule has 2 N–H and O–H groups in total. The molecule has 2 aromatic heterocycles. The van der Waals surface area contributed by atoms with Gasteiger partial charge in [-0.05, 0) is 50.2 Å². The summed E-state index contributed by atoms with van der Waals surface area (Å²) >= 11 is 6.01. The van der Waals surface area contributed by atoms with Crippen LogP contribution in [0.3, 0.4) is 0 Å². The number of phenolic OH excluding ortho intramolecular Hbond substituents is 1. The molecule has 1 aromatic carbocycles. The Kier molecular flexibility index (Phi) is 5.07. The van der Waals surface area contributed by atoms with Crippen molar-refractivity contribution in [3.63, 3.8) is 0 Å². The predicted molar refractivity (Wildman–Crippen MR) is 107 cm³/mol. The first kappa shape index (κ1) is 18.5. The zero-order valence-electron chi connectivity index (χ0n) is 15.4. The summed E-state index contributed by atoms with van der Waals surface area (Å²) in [6.07, 6.45) is 2.20. The van der Waals surface area contributed by atoms with E-state index in [9.17, 15) is 10.4 Å². The maximum absolute atomic E-state index is 10.3. The fourth-order valence-corrected chi connectivity index (χ4v) is 3.73. The van der Waals surface area contributed by atoms with Crippen LogP contribution < -0.4 is 5.32 Å². The van der Waals surface area contributed by atoms with Crippen molar-refractivity contribution in [2.45, 2.75) is 25.8 Å². The Hall–Kier alpha value is -2.82. The van der Waals surface area contributed by atoms with Crippen molar-refractivity contribution in [2.24, 2.45) is 0 Å². The summed E-state index contributed by atoms with van der Waals surface area (Å²) < 4.78 is 5.78. The summed E-state index contributed by atoms with van der Waals surface area (Å²) in [5.74, 6) is -0.170. The van der Waals surface area contributed by atoms with Gasteiger partial charge in [-0.15, -0.1) is 0 Å². The number of hydrogen-bond acceptors (Lipinski definition) is 7. The van der Waals surface area contributed by atoms with E-state index in [1.165, 1.54) is 6.07 Å². The van der Waals surface area contributed by atoms with Gasteiger partial charge in [-0.1, -0.05) is 18.5 Å². The molecular weight excluding hydrogens is 378 g/mol. The Labute approximate surface area is 167 Å². The molecule has 0 aliphatic carbocycles. The number of piperidine rings is 1. The SMILES string of the molecule is CCN1CCC[C@@H](Nc2nc3nc(-c4c(C#N)ccc(Cl)c4O)ccc3o2)C1. The van der Waals surface area contributed by atoms with Crippen molar-refractivity contribution >= 4 is 28.8 Å². The smallest absolute Gasteiger partial charge is 0.297 e. The summed E-state index contributed by atoms with van der Waals surface area (Å²) in [7, 11) is 0. The maximum Gasteiger partial charge on any atom is 0.297 e. The van der Waals surface area contributed by atoms with Crippen LogP contribution in [0, 0.1) is 11.3 Å². The molecule has 3 aromatic rings. The highest BCUT2D eigenvalue weighted by Gasteiger charge is 2.21. The number of likely N-dealkylation sites (tertiary alicyclic amines) is 1. The number of oxazole rings is 1. The summed E-state index contributed by atoms with van der Waals surface area (Å²) in [4.78, 5) is 11.3. The number of nitriles is 1. The molecule has 0 radical (unpaired) electrons. The van der Waals surface area contributed by atoms with E-state index in [4.69, 9.17) is 16.0 Å². The van der Waals surface area contributed by atoms with Crippen molar-refractivity contribution in [1.29, 1.82) is 5.26 Å².